The van der Waals surface area contributed by atoms with Crippen molar-refractivity contribution in [2.45, 2.75) is 38.2 Å². The second kappa shape index (κ2) is 5.00. The maximum atomic E-state index is 5.47. The van der Waals surface area contributed by atoms with Crippen molar-refractivity contribution < 1.29 is 4.74 Å². The Morgan fingerprint density at radius 1 is 1.18 bits per heavy atom. The van der Waals surface area contributed by atoms with Crippen molar-refractivity contribution in [2.75, 3.05) is 0 Å². The topological polar surface area (TPSA) is 9.23 Å². The average Bonchev–Trinajstić information content (AvgIpc) is 2.07. The summed E-state index contributed by atoms with van der Waals surface area (Å²) < 4.78 is 5.47. The summed E-state index contributed by atoms with van der Waals surface area (Å²) in [4.78, 5) is 0. The third-order valence-electron chi connectivity index (χ3n) is 2.04. The van der Waals surface area contributed by atoms with Gasteiger partial charge in [-0.3, -0.25) is 0 Å². The molecule has 0 heterocycles. The summed E-state index contributed by atoms with van der Waals surface area (Å²) in [6.07, 6.45) is 12.3. The Morgan fingerprint density at radius 3 is 2.55 bits per heavy atom. The molecular formula is C10H16O. The summed E-state index contributed by atoms with van der Waals surface area (Å²) in [5, 5.41) is 0. The van der Waals surface area contributed by atoms with Gasteiger partial charge in [0.2, 0.25) is 0 Å². The van der Waals surface area contributed by atoms with Crippen LogP contribution in [0.25, 0.3) is 0 Å². The second-order valence-electron chi connectivity index (χ2n) is 2.96. The molecule has 0 aromatic rings. The van der Waals surface area contributed by atoms with Crippen molar-refractivity contribution in [2.24, 2.45) is 0 Å². The van der Waals surface area contributed by atoms with Crippen LogP contribution in [0, 0.1) is 0 Å². The Bertz CT molecular complexity index is 132. The van der Waals surface area contributed by atoms with Crippen molar-refractivity contribution in [1.29, 1.82) is 0 Å². The van der Waals surface area contributed by atoms with E-state index in [1.165, 1.54) is 32.1 Å². The van der Waals surface area contributed by atoms with Gasteiger partial charge in [0.25, 0.3) is 0 Å². The molecule has 0 saturated heterocycles. The molecule has 1 nitrogen and oxygen atoms in total. The van der Waals surface area contributed by atoms with Crippen LogP contribution >= 0.6 is 0 Å². The van der Waals surface area contributed by atoms with E-state index in [-0.39, 0.29) is 0 Å². The highest BCUT2D eigenvalue weighted by atomic mass is 16.5. The van der Waals surface area contributed by atoms with Crippen molar-refractivity contribution in [1.82, 2.24) is 0 Å². The maximum absolute atomic E-state index is 5.47. The third-order valence-corrected chi connectivity index (χ3v) is 2.04. The van der Waals surface area contributed by atoms with Crippen molar-refractivity contribution >= 4 is 0 Å². The average molecular weight is 152 g/mol. The fourth-order valence-corrected chi connectivity index (χ4v) is 1.41. The van der Waals surface area contributed by atoms with Crippen LogP contribution in [0.4, 0.5) is 0 Å². The molecule has 1 heteroatoms. The van der Waals surface area contributed by atoms with E-state index in [1.807, 2.05) is 6.08 Å². The number of ether oxygens (including phenoxy) is 1. The lowest BCUT2D eigenvalue weighted by molar-refractivity contribution is 0.106. The summed E-state index contributed by atoms with van der Waals surface area (Å²) in [6.45, 7) is 3.58. The van der Waals surface area contributed by atoms with Crippen LogP contribution in [0.15, 0.2) is 25.0 Å². The van der Waals surface area contributed by atoms with E-state index in [0.29, 0.717) is 6.10 Å². The minimum atomic E-state index is 0.472. The highest BCUT2D eigenvalue weighted by Gasteiger charge is 2.11. The molecule has 1 rings (SSSR count). The predicted molar refractivity (Wildman–Crippen MR) is 47.3 cm³/mol. The van der Waals surface area contributed by atoms with Gasteiger partial charge in [-0.2, -0.15) is 0 Å². The van der Waals surface area contributed by atoms with Gasteiger partial charge in [0.1, 0.15) is 0 Å². The van der Waals surface area contributed by atoms with E-state index in [4.69, 9.17) is 4.74 Å². The zero-order chi connectivity index (χ0) is 7.94. The molecule has 1 saturated carbocycles. The lowest BCUT2D eigenvalue weighted by atomic mass is 9.98. The molecule has 62 valence electrons. The Labute approximate surface area is 68.8 Å². The number of allylic oxidation sites excluding steroid dienone is 2. The molecule has 0 aliphatic heterocycles. The first kappa shape index (κ1) is 8.38. The molecule has 0 atom stereocenters. The van der Waals surface area contributed by atoms with E-state index in [0.717, 1.165) is 0 Å². The fraction of sp³-hybridized carbons (Fsp3) is 0.600. The molecule has 1 fully saturated rings. The van der Waals surface area contributed by atoms with E-state index >= 15 is 0 Å². The molecule has 1 aliphatic rings. The van der Waals surface area contributed by atoms with Crippen molar-refractivity contribution in [3.8, 4) is 0 Å². The van der Waals surface area contributed by atoms with Gasteiger partial charge in [-0.1, -0.05) is 19.1 Å². The second-order valence-corrected chi connectivity index (χ2v) is 2.96. The molecule has 0 amide bonds. The minimum absolute atomic E-state index is 0.472. The quantitative estimate of drug-likeness (QED) is 0.446. The van der Waals surface area contributed by atoms with Crippen LogP contribution < -0.4 is 0 Å². The molecule has 0 bridgehead atoms. The van der Waals surface area contributed by atoms with Crippen LogP contribution in [0.1, 0.15) is 32.1 Å². The van der Waals surface area contributed by atoms with Crippen LogP contribution in [-0.2, 0) is 4.74 Å². The van der Waals surface area contributed by atoms with E-state index in [2.05, 4.69) is 6.58 Å². The fourth-order valence-electron chi connectivity index (χ4n) is 1.41. The van der Waals surface area contributed by atoms with Crippen LogP contribution in [-0.4, -0.2) is 6.10 Å². The largest absolute Gasteiger partial charge is 0.498 e. The maximum Gasteiger partial charge on any atom is 0.0978 e. The summed E-state index contributed by atoms with van der Waals surface area (Å²) in [5.41, 5.74) is 0. The molecule has 0 unspecified atom stereocenters. The highest BCUT2D eigenvalue weighted by Crippen LogP contribution is 2.20. The Morgan fingerprint density at radius 2 is 1.91 bits per heavy atom. The normalized spacial score (nSPS) is 20.4. The van der Waals surface area contributed by atoms with E-state index in [9.17, 15) is 0 Å². The van der Waals surface area contributed by atoms with E-state index in [1.54, 1.807) is 12.3 Å². The first-order chi connectivity index (χ1) is 5.43. The van der Waals surface area contributed by atoms with Crippen molar-refractivity contribution in [3.05, 3.63) is 25.0 Å². The molecule has 1 aliphatic carbocycles. The molecular weight excluding hydrogens is 136 g/mol. The first-order valence-corrected chi connectivity index (χ1v) is 4.36. The zero-order valence-electron chi connectivity index (χ0n) is 6.96. The van der Waals surface area contributed by atoms with Crippen molar-refractivity contribution in [3.63, 3.8) is 0 Å². The molecule has 0 aromatic carbocycles. The first-order valence-electron chi connectivity index (χ1n) is 4.36. The van der Waals surface area contributed by atoms with Gasteiger partial charge >= 0.3 is 0 Å². The minimum Gasteiger partial charge on any atom is -0.498 e. The van der Waals surface area contributed by atoms with Gasteiger partial charge < -0.3 is 4.74 Å². The lowest BCUT2D eigenvalue weighted by Gasteiger charge is -2.20. The monoisotopic (exact) mass is 152 g/mol. The number of hydrogen-bond donors (Lipinski definition) is 0. The summed E-state index contributed by atoms with van der Waals surface area (Å²) in [7, 11) is 0. The van der Waals surface area contributed by atoms with Gasteiger partial charge in [-0.25, -0.2) is 0 Å². The van der Waals surface area contributed by atoms with Crippen LogP contribution in [0.5, 0.6) is 0 Å². The number of rotatable bonds is 3. The number of hydrogen-bond acceptors (Lipinski definition) is 1. The molecule has 0 N–H and O–H groups in total. The Hall–Kier alpha value is -0.720. The predicted octanol–water partition coefficient (Wildman–Crippen LogP) is 3.04. The SMILES string of the molecule is C=CC=COC1CCCCC1. The summed E-state index contributed by atoms with van der Waals surface area (Å²) in [6, 6.07) is 0. The Kier molecular flexibility index (Phi) is 3.81. The standard InChI is InChI=1S/C10H16O/c1-2-3-9-11-10-7-5-4-6-8-10/h2-3,9-10H,1,4-8H2. The molecule has 0 spiro atoms. The van der Waals surface area contributed by atoms with Crippen LogP contribution in [0.3, 0.4) is 0 Å². The highest BCUT2D eigenvalue weighted by molar-refractivity contribution is 4.93. The summed E-state index contributed by atoms with van der Waals surface area (Å²) in [5.74, 6) is 0. The zero-order valence-corrected chi connectivity index (χ0v) is 6.96. The third kappa shape index (κ3) is 3.26. The van der Waals surface area contributed by atoms with Crippen LogP contribution in [0.2, 0.25) is 0 Å². The lowest BCUT2D eigenvalue weighted by Crippen LogP contribution is -2.13. The van der Waals surface area contributed by atoms with E-state index < -0.39 is 0 Å². The van der Waals surface area contributed by atoms with Gasteiger partial charge in [0.05, 0.1) is 12.4 Å². The van der Waals surface area contributed by atoms with Gasteiger partial charge in [-0.15, -0.1) is 0 Å². The smallest absolute Gasteiger partial charge is 0.0978 e. The van der Waals surface area contributed by atoms with Gasteiger partial charge in [0.15, 0.2) is 0 Å². The molecule has 11 heavy (non-hydrogen) atoms. The molecule has 0 radical (unpaired) electrons. The summed E-state index contributed by atoms with van der Waals surface area (Å²) >= 11 is 0. The molecule has 0 aromatic heterocycles. The van der Waals surface area contributed by atoms with Gasteiger partial charge in [-0.05, 0) is 31.8 Å². The Balaban J connectivity index is 2.14. The van der Waals surface area contributed by atoms with Gasteiger partial charge in [0, 0.05) is 0 Å².